The highest BCUT2D eigenvalue weighted by Crippen LogP contribution is 2.47. The van der Waals surface area contributed by atoms with Gasteiger partial charge in [0.05, 0.1) is 5.56 Å². The Kier molecular flexibility index (Phi) is 5.48. The summed E-state index contributed by atoms with van der Waals surface area (Å²) in [6, 6.07) is 5.94. The minimum Gasteiger partial charge on any atom is -0.544 e. The number of quaternary nitrogens is 1. The van der Waals surface area contributed by atoms with Crippen molar-refractivity contribution in [2.45, 2.75) is 51.6 Å². The van der Waals surface area contributed by atoms with Crippen molar-refractivity contribution in [2.75, 3.05) is 6.54 Å². The second kappa shape index (κ2) is 7.54. The van der Waals surface area contributed by atoms with Gasteiger partial charge in [0.2, 0.25) is 11.8 Å². The summed E-state index contributed by atoms with van der Waals surface area (Å²) >= 11 is 0. The quantitative estimate of drug-likeness (QED) is 0.636. The van der Waals surface area contributed by atoms with Crippen molar-refractivity contribution in [1.82, 2.24) is 4.90 Å². The van der Waals surface area contributed by atoms with Crippen LogP contribution in [0.2, 0.25) is 0 Å². The van der Waals surface area contributed by atoms with Gasteiger partial charge in [-0.15, -0.1) is 0 Å². The maximum atomic E-state index is 13.2. The fraction of sp³-hybridized carbons (Fsp3) is 0.571. The number of nitrogens with zero attached hydrogens (tertiary/aromatic N) is 1. The molecule has 152 valence electrons. The number of carbonyl (C=O) groups is 3. The topological polar surface area (TPSA) is 114 Å². The molecule has 2 aliphatic heterocycles. The lowest BCUT2D eigenvalue weighted by molar-refractivity contribution is -0.740. The van der Waals surface area contributed by atoms with E-state index in [-0.39, 0.29) is 24.0 Å². The molecule has 2 aliphatic rings. The van der Waals surface area contributed by atoms with E-state index in [0.717, 1.165) is 6.42 Å². The second-order valence-electron chi connectivity index (χ2n) is 8.36. The molecular weight excluding hydrogens is 360 g/mol. The number of carbonyl (C=O) groups excluding carboxylic acids is 3. The van der Waals surface area contributed by atoms with Crippen molar-refractivity contribution in [3.05, 3.63) is 29.8 Å². The Morgan fingerprint density at radius 3 is 2.54 bits per heavy atom. The normalized spacial score (nSPS) is 29.6. The van der Waals surface area contributed by atoms with Crippen molar-refractivity contribution in [2.24, 2.45) is 17.8 Å². The third-order valence-corrected chi connectivity index (χ3v) is 6.02. The van der Waals surface area contributed by atoms with Gasteiger partial charge in [-0.3, -0.25) is 14.5 Å². The number of fused-ring (bicyclic) bond motifs is 1. The molecule has 1 aromatic rings. The predicted octanol–water partition coefficient (Wildman–Crippen LogP) is -0.0536. The maximum absolute atomic E-state index is 13.2. The summed E-state index contributed by atoms with van der Waals surface area (Å²) in [6.45, 7) is 6.03. The average molecular weight is 388 g/mol. The minimum atomic E-state index is -1.53. The number of carboxylic acid groups (broad SMARTS) is 1. The highest BCUT2D eigenvalue weighted by Gasteiger charge is 2.69. The number of imide groups is 1. The Labute approximate surface area is 164 Å². The van der Waals surface area contributed by atoms with E-state index in [1.807, 2.05) is 20.8 Å². The standard InChI is InChI=1S/C21H28N2O5/c1-4-5-10-23-18(25)15-16(19(23)26)21(20(27)28,11-12(2)3)22-17(15)13-8-6-7-9-14(13)24/h6-9,12,15-17,22,24H,4-5,10-11H2,1-3H3,(H,27,28)/t15-,16+,17+,21-/m1/s1. The molecule has 4 atom stereocenters. The van der Waals surface area contributed by atoms with Gasteiger partial charge in [0.1, 0.15) is 35.1 Å². The third kappa shape index (κ3) is 3.07. The minimum absolute atomic E-state index is 0.00606. The molecule has 0 aliphatic carbocycles. The van der Waals surface area contributed by atoms with Crippen LogP contribution in [0.15, 0.2) is 24.3 Å². The van der Waals surface area contributed by atoms with Crippen LogP contribution in [0, 0.1) is 17.8 Å². The van der Waals surface area contributed by atoms with Gasteiger partial charge in [-0.2, -0.15) is 0 Å². The van der Waals surface area contributed by atoms with E-state index >= 15 is 0 Å². The molecule has 28 heavy (non-hydrogen) atoms. The van der Waals surface area contributed by atoms with Crippen molar-refractivity contribution >= 4 is 17.8 Å². The van der Waals surface area contributed by atoms with Crippen LogP contribution in [0.3, 0.4) is 0 Å². The summed E-state index contributed by atoms with van der Waals surface area (Å²) in [7, 11) is 0. The number of benzene rings is 1. The van der Waals surface area contributed by atoms with Crippen LogP contribution in [0.25, 0.3) is 0 Å². The number of unbranched alkanes of at least 4 members (excludes halogenated alkanes) is 1. The summed E-state index contributed by atoms with van der Waals surface area (Å²) in [4.78, 5) is 40.0. The van der Waals surface area contributed by atoms with Gasteiger partial charge in [0.25, 0.3) is 0 Å². The molecule has 1 aromatic carbocycles. The Hall–Kier alpha value is -2.41. The lowest BCUT2D eigenvalue weighted by atomic mass is 9.75. The third-order valence-electron chi connectivity index (χ3n) is 6.02. The zero-order valence-electron chi connectivity index (χ0n) is 16.6. The number of aromatic hydroxyl groups is 1. The van der Waals surface area contributed by atoms with Crippen molar-refractivity contribution in [1.29, 1.82) is 0 Å². The molecule has 0 spiro atoms. The van der Waals surface area contributed by atoms with E-state index in [2.05, 4.69) is 0 Å². The van der Waals surface area contributed by atoms with Gasteiger partial charge in [-0.05, 0) is 24.5 Å². The van der Waals surface area contributed by atoms with Crippen LogP contribution in [0.5, 0.6) is 5.75 Å². The molecule has 7 heteroatoms. The number of rotatable bonds is 7. The van der Waals surface area contributed by atoms with Crippen LogP contribution < -0.4 is 10.4 Å². The number of likely N-dealkylation sites (tertiary alicyclic amines) is 1. The first-order valence-electron chi connectivity index (χ1n) is 9.95. The van der Waals surface area contributed by atoms with Gasteiger partial charge in [-0.25, -0.2) is 0 Å². The second-order valence-corrected chi connectivity index (χ2v) is 8.36. The fourth-order valence-electron chi connectivity index (χ4n) is 4.92. The number of phenolic OH excluding ortho intramolecular Hbond substituents is 1. The molecule has 2 saturated heterocycles. The zero-order valence-corrected chi connectivity index (χ0v) is 16.6. The van der Waals surface area contributed by atoms with Gasteiger partial charge in [0, 0.05) is 13.0 Å². The number of amides is 2. The Balaban J connectivity index is 2.12. The Bertz CT molecular complexity index is 793. The number of para-hydroxylation sites is 1. The van der Waals surface area contributed by atoms with Crippen LogP contribution in [-0.2, 0) is 14.4 Å². The molecule has 2 fully saturated rings. The summed E-state index contributed by atoms with van der Waals surface area (Å²) in [6.07, 6.45) is 1.70. The van der Waals surface area contributed by atoms with Crippen molar-refractivity contribution in [3.63, 3.8) is 0 Å². The number of hydrogen-bond donors (Lipinski definition) is 2. The number of aliphatic carboxylic acids is 1. The lowest BCUT2D eigenvalue weighted by Gasteiger charge is -2.34. The lowest BCUT2D eigenvalue weighted by Crippen LogP contribution is -2.99. The van der Waals surface area contributed by atoms with E-state index < -0.39 is 35.3 Å². The maximum Gasteiger partial charge on any atom is 0.240 e. The summed E-state index contributed by atoms with van der Waals surface area (Å²) in [5, 5.41) is 24.3. The van der Waals surface area contributed by atoms with Crippen LogP contribution >= 0.6 is 0 Å². The number of carboxylic acids is 1. The van der Waals surface area contributed by atoms with Gasteiger partial charge in [-0.1, -0.05) is 39.3 Å². The number of nitrogens with two attached hydrogens (primary N) is 1. The van der Waals surface area contributed by atoms with Gasteiger partial charge in [0.15, 0.2) is 0 Å². The first kappa shape index (κ1) is 20.3. The molecule has 2 heterocycles. The van der Waals surface area contributed by atoms with E-state index in [0.29, 0.717) is 18.5 Å². The highest BCUT2D eigenvalue weighted by molar-refractivity contribution is 6.08. The first-order valence-corrected chi connectivity index (χ1v) is 9.95. The van der Waals surface area contributed by atoms with E-state index in [4.69, 9.17) is 0 Å². The predicted molar refractivity (Wildman–Crippen MR) is 98.6 cm³/mol. The summed E-state index contributed by atoms with van der Waals surface area (Å²) in [5.74, 6) is -3.93. The largest absolute Gasteiger partial charge is 0.544 e. The van der Waals surface area contributed by atoms with Gasteiger partial charge < -0.3 is 20.3 Å². The molecular formula is C21H28N2O5. The Morgan fingerprint density at radius 1 is 1.29 bits per heavy atom. The van der Waals surface area contributed by atoms with Crippen molar-refractivity contribution in [3.8, 4) is 5.75 Å². The highest BCUT2D eigenvalue weighted by atomic mass is 16.4. The average Bonchev–Trinajstić information content (AvgIpc) is 3.09. The molecule has 0 bridgehead atoms. The molecule has 7 nitrogen and oxygen atoms in total. The monoisotopic (exact) mass is 388 g/mol. The summed E-state index contributed by atoms with van der Waals surface area (Å²) < 4.78 is 0. The molecule has 3 N–H and O–H groups in total. The molecule has 0 aromatic heterocycles. The fourth-order valence-corrected chi connectivity index (χ4v) is 4.92. The van der Waals surface area contributed by atoms with Gasteiger partial charge >= 0.3 is 0 Å². The van der Waals surface area contributed by atoms with Crippen LogP contribution in [0.4, 0.5) is 0 Å². The zero-order chi connectivity index (χ0) is 20.6. The summed E-state index contributed by atoms with van der Waals surface area (Å²) in [5.41, 5.74) is -1.05. The molecule has 0 saturated carbocycles. The Morgan fingerprint density at radius 2 is 1.96 bits per heavy atom. The number of phenols is 1. The number of hydrogen-bond acceptors (Lipinski definition) is 5. The molecule has 3 rings (SSSR count). The molecule has 2 amide bonds. The van der Waals surface area contributed by atoms with E-state index in [9.17, 15) is 24.6 Å². The van der Waals surface area contributed by atoms with Crippen LogP contribution in [-0.4, -0.2) is 39.9 Å². The first-order chi connectivity index (χ1) is 13.2. The van der Waals surface area contributed by atoms with E-state index in [1.165, 1.54) is 11.0 Å². The molecule has 0 unspecified atom stereocenters. The molecule has 0 radical (unpaired) electrons. The van der Waals surface area contributed by atoms with Crippen molar-refractivity contribution < 1.29 is 29.9 Å². The smallest absolute Gasteiger partial charge is 0.240 e. The van der Waals surface area contributed by atoms with E-state index in [1.54, 1.807) is 23.5 Å². The van der Waals surface area contributed by atoms with Crippen LogP contribution in [0.1, 0.15) is 51.6 Å². The SMILES string of the molecule is CCCCN1C(=O)[C@@H]2[C@@H](C1=O)[C@](CC(C)C)(C(=O)[O-])[NH2+][C@H]2c1ccccc1O.